The lowest BCUT2D eigenvalue weighted by molar-refractivity contribution is 0.794. The molecule has 0 unspecified atom stereocenters. The molecule has 1 saturated carbocycles. The second-order valence-corrected chi connectivity index (χ2v) is 5.33. The van der Waals surface area contributed by atoms with Crippen molar-refractivity contribution < 1.29 is 0 Å². The van der Waals surface area contributed by atoms with Crippen LogP contribution in [0.25, 0.3) is 0 Å². The summed E-state index contributed by atoms with van der Waals surface area (Å²) in [6, 6.07) is 10.3. The molecule has 1 aromatic carbocycles. The predicted octanol–water partition coefficient (Wildman–Crippen LogP) is 3.29. The van der Waals surface area contributed by atoms with Crippen molar-refractivity contribution in [2.24, 2.45) is 10.9 Å². The zero-order valence-corrected chi connectivity index (χ0v) is 11.4. The van der Waals surface area contributed by atoms with Crippen LogP contribution in [0.3, 0.4) is 0 Å². The Kier molecular flexibility index (Phi) is 3.34. The van der Waals surface area contributed by atoms with Gasteiger partial charge in [0.2, 0.25) is 0 Å². The van der Waals surface area contributed by atoms with E-state index < -0.39 is 0 Å². The molecule has 0 aliphatic heterocycles. The van der Waals surface area contributed by atoms with Crippen LogP contribution < -0.4 is 0 Å². The van der Waals surface area contributed by atoms with Crippen molar-refractivity contribution in [2.45, 2.75) is 26.2 Å². The second-order valence-electron chi connectivity index (χ2n) is 5.33. The fraction of sp³-hybridized carbons (Fsp3) is 0.312. The summed E-state index contributed by atoms with van der Waals surface area (Å²) in [7, 11) is 0. The number of nitrogens with one attached hydrogen (secondary N) is 1. The molecular formula is C16H16N4. The largest absolute Gasteiger partial charge is 0.279 e. The molecule has 20 heavy (non-hydrogen) atoms. The van der Waals surface area contributed by atoms with Crippen LogP contribution in [-0.2, 0) is 6.42 Å². The van der Waals surface area contributed by atoms with Gasteiger partial charge in [-0.25, -0.2) is 4.99 Å². The Balaban J connectivity index is 1.81. The van der Waals surface area contributed by atoms with Gasteiger partial charge >= 0.3 is 0 Å². The molecule has 100 valence electrons. The van der Waals surface area contributed by atoms with Crippen LogP contribution >= 0.6 is 0 Å². The first-order valence-electron chi connectivity index (χ1n) is 6.84. The Morgan fingerprint density at radius 2 is 2.15 bits per heavy atom. The van der Waals surface area contributed by atoms with Gasteiger partial charge in [-0.05, 0) is 37.7 Å². The molecule has 1 aliphatic carbocycles. The fourth-order valence-corrected chi connectivity index (χ4v) is 2.12. The van der Waals surface area contributed by atoms with Gasteiger partial charge in [0.25, 0.3) is 0 Å². The topological polar surface area (TPSA) is 64.8 Å². The van der Waals surface area contributed by atoms with Gasteiger partial charge in [-0.3, -0.25) is 5.10 Å². The molecule has 1 aromatic heterocycles. The van der Waals surface area contributed by atoms with Gasteiger partial charge in [-0.2, -0.15) is 10.4 Å². The Labute approximate surface area is 118 Å². The summed E-state index contributed by atoms with van der Waals surface area (Å²) >= 11 is 0. The van der Waals surface area contributed by atoms with Crippen molar-refractivity contribution in [1.82, 2.24) is 10.2 Å². The highest BCUT2D eigenvalue weighted by Gasteiger charge is 2.24. The fourth-order valence-electron chi connectivity index (χ4n) is 2.12. The molecule has 1 fully saturated rings. The lowest BCUT2D eigenvalue weighted by Crippen LogP contribution is -1.90. The van der Waals surface area contributed by atoms with E-state index in [9.17, 15) is 5.26 Å². The zero-order valence-electron chi connectivity index (χ0n) is 11.4. The highest BCUT2D eigenvalue weighted by atomic mass is 15.2. The van der Waals surface area contributed by atoms with E-state index >= 15 is 0 Å². The van der Waals surface area contributed by atoms with Crippen molar-refractivity contribution in [3.63, 3.8) is 0 Å². The Morgan fingerprint density at radius 1 is 1.40 bits per heavy atom. The summed E-state index contributed by atoms with van der Waals surface area (Å²) in [5.74, 6) is 1.21. The number of nitriles is 1. The summed E-state index contributed by atoms with van der Waals surface area (Å²) in [5, 5.41) is 16.4. The predicted molar refractivity (Wildman–Crippen MR) is 78.2 cm³/mol. The number of benzene rings is 1. The van der Waals surface area contributed by atoms with Crippen molar-refractivity contribution in [3.05, 3.63) is 46.6 Å². The van der Waals surface area contributed by atoms with Crippen LogP contribution in [0.1, 0.15) is 35.2 Å². The third-order valence-corrected chi connectivity index (χ3v) is 3.54. The Morgan fingerprint density at radius 3 is 2.80 bits per heavy atom. The molecular weight excluding hydrogens is 248 g/mol. The van der Waals surface area contributed by atoms with E-state index in [4.69, 9.17) is 0 Å². The number of hydrogen-bond donors (Lipinski definition) is 1. The number of aliphatic imine (C=N–C) groups is 1. The molecule has 1 aliphatic rings. The van der Waals surface area contributed by atoms with Crippen LogP contribution in [0.5, 0.6) is 0 Å². The van der Waals surface area contributed by atoms with Gasteiger partial charge in [-0.1, -0.05) is 29.8 Å². The normalized spacial score (nSPS) is 14.6. The van der Waals surface area contributed by atoms with E-state index in [1.54, 1.807) is 6.21 Å². The van der Waals surface area contributed by atoms with Gasteiger partial charge < -0.3 is 0 Å². The van der Waals surface area contributed by atoms with Crippen LogP contribution in [0.2, 0.25) is 0 Å². The molecule has 0 spiro atoms. The van der Waals surface area contributed by atoms with Gasteiger partial charge in [0.15, 0.2) is 5.82 Å². The molecule has 1 N–H and O–H groups in total. The third kappa shape index (κ3) is 2.77. The summed E-state index contributed by atoms with van der Waals surface area (Å²) in [6.07, 6.45) is 5.17. The van der Waals surface area contributed by atoms with Gasteiger partial charge in [0.05, 0.1) is 5.69 Å². The smallest absolute Gasteiger partial charge is 0.191 e. The third-order valence-electron chi connectivity index (χ3n) is 3.54. The highest BCUT2D eigenvalue weighted by molar-refractivity contribution is 5.82. The van der Waals surface area contributed by atoms with Gasteiger partial charge in [0, 0.05) is 6.21 Å². The Hall–Kier alpha value is -2.41. The van der Waals surface area contributed by atoms with Crippen LogP contribution in [-0.4, -0.2) is 16.4 Å². The SMILES string of the molecule is Cc1ccc(C=Nc2n[nH]c(CC3CC3)c2C#N)cc1. The number of rotatable bonds is 4. The molecule has 0 amide bonds. The molecule has 3 rings (SSSR count). The van der Waals surface area contributed by atoms with Crippen molar-refractivity contribution in [2.75, 3.05) is 0 Å². The number of nitrogens with zero attached hydrogens (tertiary/aromatic N) is 3. The van der Waals surface area contributed by atoms with E-state index in [2.05, 4.69) is 21.3 Å². The van der Waals surface area contributed by atoms with Crippen LogP contribution in [0.4, 0.5) is 5.82 Å². The first-order chi connectivity index (χ1) is 9.76. The Bertz CT molecular complexity index is 669. The lowest BCUT2D eigenvalue weighted by atomic mass is 10.1. The minimum atomic E-state index is 0.490. The first kappa shape index (κ1) is 12.6. The summed E-state index contributed by atoms with van der Waals surface area (Å²) < 4.78 is 0. The van der Waals surface area contributed by atoms with Crippen molar-refractivity contribution >= 4 is 12.0 Å². The molecule has 0 bridgehead atoms. The molecule has 4 nitrogen and oxygen atoms in total. The van der Waals surface area contributed by atoms with E-state index in [1.165, 1.54) is 18.4 Å². The molecule has 2 aromatic rings. The molecule has 4 heteroatoms. The van der Waals surface area contributed by atoms with E-state index in [-0.39, 0.29) is 0 Å². The zero-order chi connectivity index (χ0) is 13.9. The quantitative estimate of drug-likeness (QED) is 0.861. The van der Waals surface area contributed by atoms with Crippen LogP contribution in [0, 0.1) is 24.2 Å². The standard InChI is InChI=1S/C16H16N4/c1-11-2-4-13(5-3-11)10-18-16-14(9-17)15(19-20-16)8-12-6-7-12/h2-5,10,12H,6-8H2,1H3,(H,19,20). The molecule has 1 heterocycles. The number of H-pyrrole nitrogens is 1. The maximum Gasteiger partial charge on any atom is 0.191 e. The summed E-state index contributed by atoms with van der Waals surface area (Å²) in [4.78, 5) is 4.34. The van der Waals surface area contributed by atoms with Crippen molar-refractivity contribution in [3.8, 4) is 6.07 Å². The number of hydrogen-bond acceptors (Lipinski definition) is 3. The minimum Gasteiger partial charge on any atom is -0.279 e. The highest BCUT2D eigenvalue weighted by Crippen LogP contribution is 2.34. The lowest BCUT2D eigenvalue weighted by Gasteiger charge is -1.95. The monoisotopic (exact) mass is 264 g/mol. The summed E-state index contributed by atoms with van der Waals surface area (Å²) in [5.41, 5.74) is 3.73. The van der Waals surface area contributed by atoms with Gasteiger partial charge in [0.1, 0.15) is 11.6 Å². The molecule has 0 atom stereocenters. The number of aromatic nitrogens is 2. The van der Waals surface area contributed by atoms with E-state index in [0.29, 0.717) is 11.4 Å². The van der Waals surface area contributed by atoms with E-state index in [0.717, 1.165) is 23.6 Å². The van der Waals surface area contributed by atoms with Gasteiger partial charge in [-0.15, -0.1) is 0 Å². The minimum absolute atomic E-state index is 0.490. The summed E-state index contributed by atoms with van der Waals surface area (Å²) in [6.45, 7) is 2.05. The first-order valence-corrected chi connectivity index (χ1v) is 6.84. The van der Waals surface area contributed by atoms with Crippen LogP contribution in [0.15, 0.2) is 29.3 Å². The average Bonchev–Trinajstić information content (AvgIpc) is 3.18. The molecule has 0 radical (unpaired) electrons. The second kappa shape index (κ2) is 5.30. The number of aryl methyl sites for hydroxylation is 1. The molecule has 0 saturated heterocycles. The maximum atomic E-state index is 9.27. The maximum absolute atomic E-state index is 9.27. The number of aromatic amines is 1. The average molecular weight is 264 g/mol. The van der Waals surface area contributed by atoms with E-state index in [1.807, 2.05) is 31.2 Å². The van der Waals surface area contributed by atoms with Crippen molar-refractivity contribution in [1.29, 1.82) is 5.26 Å².